The minimum absolute atomic E-state index is 1.19. The SMILES string of the molecule is C=CCCCCCC.C=CCCCCCC.C=CCCCCCC.C=CCCCCCC.C=CCCCCCC.C=CCCCCCC.C=CCCCCCC. The van der Waals surface area contributed by atoms with E-state index in [9.17, 15) is 0 Å². The van der Waals surface area contributed by atoms with Gasteiger partial charge in [0.25, 0.3) is 0 Å². The molecule has 0 aromatic carbocycles. The molecule has 0 spiro atoms. The molecule has 0 saturated heterocycles. The number of hydrogen-bond acceptors (Lipinski definition) is 0. The average molecular weight is 786 g/mol. The molecule has 0 atom stereocenters. The van der Waals surface area contributed by atoms with Gasteiger partial charge in [-0.15, -0.1) is 46.1 Å². The molecule has 0 rings (SSSR count). The van der Waals surface area contributed by atoms with E-state index >= 15 is 0 Å². The maximum atomic E-state index is 3.66. The van der Waals surface area contributed by atoms with E-state index in [1.54, 1.807) is 0 Å². The Labute approximate surface area is 360 Å². The Morgan fingerprint density at radius 2 is 0.286 bits per heavy atom. The molecule has 336 valence electrons. The van der Waals surface area contributed by atoms with E-state index in [0.717, 1.165) is 0 Å². The third kappa shape index (κ3) is 124. The Bertz CT molecular complexity index is 479. The van der Waals surface area contributed by atoms with Crippen molar-refractivity contribution in [1.29, 1.82) is 0 Å². The van der Waals surface area contributed by atoms with Gasteiger partial charge in [-0.2, -0.15) is 0 Å². The lowest BCUT2D eigenvalue weighted by Gasteiger charge is -1.91. The Kier molecular flexibility index (Phi) is 110. The summed E-state index contributed by atoms with van der Waals surface area (Å²) in [5.41, 5.74) is 0. The lowest BCUT2D eigenvalue weighted by atomic mass is 10.2. The van der Waals surface area contributed by atoms with Gasteiger partial charge in [0.2, 0.25) is 0 Å². The topological polar surface area (TPSA) is 0 Å². The minimum Gasteiger partial charge on any atom is -0.103 e. The third-order valence-electron chi connectivity index (χ3n) is 8.83. The molecule has 0 aromatic heterocycles. The van der Waals surface area contributed by atoms with Gasteiger partial charge in [0, 0.05) is 0 Å². The number of allylic oxidation sites excluding steroid dienone is 7. The molecule has 0 amide bonds. The molecule has 0 unspecified atom stereocenters. The van der Waals surface area contributed by atoms with Crippen molar-refractivity contribution in [2.45, 2.75) is 273 Å². The number of unbranched alkanes of at least 4 members (excludes halogenated alkanes) is 28. The molecule has 0 heteroatoms. The fourth-order valence-corrected chi connectivity index (χ4v) is 5.01. The minimum atomic E-state index is 1.19. The van der Waals surface area contributed by atoms with Crippen LogP contribution in [-0.4, -0.2) is 0 Å². The fourth-order valence-electron chi connectivity index (χ4n) is 5.01. The summed E-state index contributed by atoms with van der Waals surface area (Å²) < 4.78 is 0. The van der Waals surface area contributed by atoms with E-state index in [-0.39, 0.29) is 0 Å². The highest BCUT2D eigenvalue weighted by Gasteiger charge is 1.85. The molecular weight excluding hydrogens is 673 g/mol. The van der Waals surface area contributed by atoms with Crippen LogP contribution in [0, 0.1) is 0 Å². The number of rotatable bonds is 35. The molecule has 0 aliphatic rings. The van der Waals surface area contributed by atoms with E-state index in [2.05, 4.69) is 94.5 Å². The lowest BCUT2D eigenvalue weighted by molar-refractivity contribution is 0.675. The second kappa shape index (κ2) is 89.7. The van der Waals surface area contributed by atoms with Gasteiger partial charge in [-0.1, -0.05) is 226 Å². The van der Waals surface area contributed by atoms with Crippen LogP contribution in [0.5, 0.6) is 0 Å². The largest absolute Gasteiger partial charge is 0.103 e. The highest BCUT2D eigenvalue weighted by Crippen LogP contribution is 2.05. The van der Waals surface area contributed by atoms with E-state index in [4.69, 9.17) is 0 Å². The summed E-state index contributed by atoms with van der Waals surface area (Å²) in [7, 11) is 0. The second-order valence-corrected chi connectivity index (χ2v) is 15.0. The van der Waals surface area contributed by atoms with E-state index < -0.39 is 0 Å². The van der Waals surface area contributed by atoms with Crippen LogP contribution in [0.1, 0.15) is 273 Å². The van der Waals surface area contributed by atoms with Crippen LogP contribution in [0.15, 0.2) is 88.6 Å². The van der Waals surface area contributed by atoms with Gasteiger partial charge in [0.15, 0.2) is 0 Å². The van der Waals surface area contributed by atoms with Gasteiger partial charge in [-0.3, -0.25) is 0 Å². The maximum absolute atomic E-state index is 3.66. The van der Waals surface area contributed by atoms with Crippen LogP contribution in [0.4, 0.5) is 0 Å². The smallest absolute Gasteiger partial charge is 0.0353 e. The van der Waals surface area contributed by atoms with E-state index in [1.807, 2.05) is 42.5 Å². The van der Waals surface area contributed by atoms with Crippen LogP contribution in [0.2, 0.25) is 0 Å². The normalized spacial score (nSPS) is 9.12. The summed E-state index contributed by atoms with van der Waals surface area (Å²) in [5, 5.41) is 0. The van der Waals surface area contributed by atoms with Crippen LogP contribution in [0.25, 0.3) is 0 Å². The van der Waals surface area contributed by atoms with Crippen LogP contribution in [0.3, 0.4) is 0 Å². The van der Waals surface area contributed by atoms with Gasteiger partial charge >= 0.3 is 0 Å². The molecule has 56 heavy (non-hydrogen) atoms. The summed E-state index contributed by atoms with van der Waals surface area (Å²) in [6, 6.07) is 0. The average Bonchev–Trinajstić information content (AvgIpc) is 3.22. The summed E-state index contributed by atoms with van der Waals surface area (Å²) in [6.07, 6.45) is 60.3. The first kappa shape index (κ1) is 68.8. The zero-order valence-corrected chi connectivity index (χ0v) is 40.7. The molecule has 0 aliphatic carbocycles. The highest BCUT2D eigenvalue weighted by molar-refractivity contribution is 4.68. The predicted molar refractivity (Wildman–Crippen MR) is 273 cm³/mol. The van der Waals surface area contributed by atoms with Gasteiger partial charge in [0.05, 0.1) is 0 Å². The third-order valence-corrected chi connectivity index (χ3v) is 8.83. The fraction of sp³-hybridized carbons (Fsp3) is 0.750. The molecule has 0 N–H and O–H groups in total. The Balaban J connectivity index is -0.000000100. The lowest BCUT2D eigenvalue weighted by Crippen LogP contribution is -1.71. The van der Waals surface area contributed by atoms with Gasteiger partial charge in [-0.05, 0) is 89.9 Å². The monoisotopic (exact) mass is 785 g/mol. The summed E-state index contributed by atoms with van der Waals surface area (Å²) in [4.78, 5) is 0. The summed E-state index contributed by atoms with van der Waals surface area (Å²) >= 11 is 0. The molecular formula is C56H112. The summed E-state index contributed by atoms with van der Waals surface area (Å²) in [5.74, 6) is 0. The molecule has 0 aliphatic heterocycles. The first-order valence-corrected chi connectivity index (χ1v) is 24.7. The van der Waals surface area contributed by atoms with Crippen molar-refractivity contribution in [3.63, 3.8) is 0 Å². The predicted octanol–water partition coefficient (Wildman–Crippen LogP) is 22.0. The molecule has 0 radical (unpaired) electrons. The number of hydrogen-bond donors (Lipinski definition) is 0. The first-order chi connectivity index (χ1) is 27.4. The quantitative estimate of drug-likeness (QED) is 0.0443. The standard InChI is InChI=1S/7C8H16/c7*1-3-5-7-8-6-4-2/h7*3H,1,4-8H2,2H3. The van der Waals surface area contributed by atoms with Crippen molar-refractivity contribution in [2.24, 2.45) is 0 Å². The van der Waals surface area contributed by atoms with Gasteiger partial charge < -0.3 is 0 Å². The van der Waals surface area contributed by atoms with Crippen LogP contribution in [-0.2, 0) is 0 Å². The first-order valence-electron chi connectivity index (χ1n) is 24.7. The van der Waals surface area contributed by atoms with Crippen molar-refractivity contribution in [3.8, 4) is 0 Å². The molecule has 0 nitrogen and oxygen atoms in total. The van der Waals surface area contributed by atoms with Crippen molar-refractivity contribution in [1.82, 2.24) is 0 Å². The highest BCUT2D eigenvalue weighted by atomic mass is 13.9. The van der Waals surface area contributed by atoms with Crippen molar-refractivity contribution in [2.75, 3.05) is 0 Å². The van der Waals surface area contributed by atoms with Crippen molar-refractivity contribution < 1.29 is 0 Å². The van der Waals surface area contributed by atoms with E-state index in [0.29, 0.717) is 0 Å². The van der Waals surface area contributed by atoms with Crippen molar-refractivity contribution in [3.05, 3.63) is 88.6 Å². The van der Waals surface area contributed by atoms with Crippen molar-refractivity contribution >= 4 is 0 Å². The van der Waals surface area contributed by atoms with E-state index in [1.165, 1.54) is 225 Å². The Hall–Kier alpha value is -1.82. The molecule has 0 fully saturated rings. The van der Waals surface area contributed by atoms with Gasteiger partial charge in [-0.25, -0.2) is 0 Å². The van der Waals surface area contributed by atoms with Gasteiger partial charge in [0.1, 0.15) is 0 Å². The zero-order chi connectivity index (χ0) is 43.7. The Morgan fingerprint density at radius 3 is 0.357 bits per heavy atom. The second-order valence-electron chi connectivity index (χ2n) is 15.0. The Morgan fingerprint density at radius 1 is 0.179 bits per heavy atom. The molecule has 0 aromatic rings. The van der Waals surface area contributed by atoms with Crippen LogP contribution >= 0.6 is 0 Å². The molecule has 0 heterocycles. The zero-order valence-electron chi connectivity index (χ0n) is 40.7. The van der Waals surface area contributed by atoms with Crippen LogP contribution < -0.4 is 0 Å². The maximum Gasteiger partial charge on any atom is -0.0353 e. The molecule has 0 bridgehead atoms. The summed E-state index contributed by atoms with van der Waals surface area (Å²) in [6.45, 7) is 41.2. The molecule has 0 saturated carbocycles.